The maximum atomic E-state index is 5.17. The topological polar surface area (TPSA) is 30.7 Å². The normalized spacial score (nSPS) is 15.0. The van der Waals surface area contributed by atoms with Crippen molar-refractivity contribution in [3.63, 3.8) is 0 Å². The fraction of sp³-hybridized carbons (Fsp3) is 0.0204. The number of aromatic nitrogens is 3. The molecule has 1 aliphatic rings. The third-order valence-electron chi connectivity index (χ3n) is 11.2. The second kappa shape index (κ2) is 11.1. The summed E-state index contributed by atoms with van der Waals surface area (Å²) in [6.07, 6.45) is 5.84. The minimum Gasteiger partial charge on any atom is -0.264 e. The van der Waals surface area contributed by atoms with Gasteiger partial charge < -0.3 is 0 Å². The van der Waals surface area contributed by atoms with Gasteiger partial charge in [-0.3, -0.25) is 4.98 Å². The molecule has 1 aliphatic carbocycles. The molecule has 2 aromatic heterocycles. The highest BCUT2D eigenvalue weighted by Gasteiger charge is 2.47. The molecule has 8 aromatic carbocycles. The molecule has 2 heterocycles. The number of hydrogen-bond donors (Lipinski definition) is 0. The van der Waals surface area contributed by atoms with Crippen molar-refractivity contribution in [2.75, 3.05) is 0 Å². The highest BCUT2D eigenvalue weighted by molar-refractivity contribution is 6.25. The number of fused-ring (bicyclic) bond motifs is 11. The Hall–Kier alpha value is -6.84. The molecule has 0 amide bonds. The number of rotatable bonds is 4. The fourth-order valence-corrected chi connectivity index (χ4v) is 9.04. The van der Waals surface area contributed by atoms with Crippen LogP contribution in [0.3, 0.4) is 0 Å². The van der Waals surface area contributed by atoms with Gasteiger partial charge in [-0.15, -0.1) is 0 Å². The van der Waals surface area contributed by atoms with Gasteiger partial charge in [-0.05, 0) is 101 Å². The van der Waals surface area contributed by atoms with Crippen LogP contribution >= 0.6 is 0 Å². The molecule has 11 rings (SSSR count). The molecule has 0 aliphatic heterocycles. The zero-order valence-corrected chi connectivity index (χ0v) is 28.2. The molecule has 0 radical (unpaired) electrons. The van der Waals surface area contributed by atoms with E-state index in [4.69, 9.17) is 5.10 Å². The maximum Gasteiger partial charge on any atom is 0.0744 e. The summed E-state index contributed by atoms with van der Waals surface area (Å²) in [5.74, 6) is 0. The smallest absolute Gasteiger partial charge is 0.0744 e. The van der Waals surface area contributed by atoms with Gasteiger partial charge in [-0.25, -0.2) is 4.68 Å². The first-order valence-electron chi connectivity index (χ1n) is 17.8. The van der Waals surface area contributed by atoms with E-state index in [1.165, 1.54) is 65.7 Å². The van der Waals surface area contributed by atoms with Gasteiger partial charge in [0.2, 0.25) is 0 Å². The Morgan fingerprint density at radius 1 is 0.423 bits per heavy atom. The van der Waals surface area contributed by atoms with E-state index >= 15 is 0 Å². The minimum atomic E-state index is -0.549. The van der Waals surface area contributed by atoms with Crippen molar-refractivity contribution in [3.05, 3.63) is 211 Å². The largest absolute Gasteiger partial charge is 0.264 e. The van der Waals surface area contributed by atoms with Gasteiger partial charge in [0.25, 0.3) is 0 Å². The lowest BCUT2D eigenvalue weighted by atomic mass is 9.67. The summed E-state index contributed by atoms with van der Waals surface area (Å²) < 4.78 is 2.13. The summed E-state index contributed by atoms with van der Waals surface area (Å²) in [6.45, 7) is 0. The van der Waals surface area contributed by atoms with E-state index in [0.29, 0.717) is 0 Å². The van der Waals surface area contributed by atoms with E-state index in [2.05, 4.69) is 180 Å². The van der Waals surface area contributed by atoms with E-state index in [1.54, 1.807) is 0 Å². The molecule has 1 unspecified atom stereocenters. The van der Waals surface area contributed by atoms with Crippen molar-refractivity contribution in [1.82, 2.24) is 14.8 Å². The van der Waals surface area contributed by atoms with Crippen LogP contribution in [0.4, 0.5) is 0 Å². The lowest BCUT2D eigenvalue weighted by Gasteiger charge is -2.34. The average molecular weight is 662 g/mol. The molecule has 1 atom stereocenters. The molecule has 0 N–H and O–H groups in total. The van der Waals surface area contributed by atoms with E-state index < -0.39 is 5.41 Å². The Labute approximate surface area is 301 Å². The molecule has 3 nitrogen and oxygen atoms in total. The molecule has 0 spiro atoms. The second-order valence-corrected chi connectivity index (χ2v) is 13.8. The molecule has 0 bridgehead atoms. The van der Waals surface area contributed by atoms with E-state index in [9.17, 15) is 0 Å². The van der Waals surface area contributed by atoms with Crippen molar-refractivity contribution in [2.45, 2.75) is 5.41 Å². The first-order chi connectivity index (χ1) is 25.8. The van der Waals surface area contributed by atoms with E-state index in [1.807, 2.05) is 18.5 Å². The van der Waals surface area contributed by atoms with Gasteiger partial charge in [0.1, 0.15) is 0 Å². The molecule has 0 fully saturated rings. The summed E-state index contributed by atoms with van der Waals surface area (Å²) in [4.78, 5) is 4.38. The average Bonchev–Trinajstić information content (AvgIpc) is 3.79. The van der Waals surface area contributed by atoms with Crippen LogP contribution in [0.1, 0.15) is 22.3 Å². The Kier molecular flexibility index (Phi) is 6.17. The standard InChI is InChI=1S/C49H31N3/c1-2-12-34(13-3-1)49(35-22-20-32(21-23-35)33-11-10-28-50-30-33)46-19-9-8-18-42(46)43-26-27-47-45(48(43)49)31-51-52(47)36-24-25-41-39-16-5-4-14-37(39)38-15-6-7-17-40(38)44(41)29-36/h1-31H. The Balaban J connectivity index is 1.18. The number of hydrogen-bond acceptors (Lipinski definition) is 2. The van der Waals surface area contributed by atoms with Crippen molar-refractivity contribution < 1.29 is 0 Å². The van der Waals surface area contributed by atoms with Gasteiger partial charge in [0.15, 0.2) is 0 Å². The predicted molar refractivity (Wildman–Crippen MR) is 214 cm³/mol. The summed E-state index contributed by atoms with van der Waals surface area (Å²) in [7, 11) is 0. The lowest BCUT2D eigenvalue weighted by molar-refractivity contribution is 0.775. The van der Waals surface area contributed by atoms with E-state index in [-0.39, 0.29) is 0 Å². The Bertz CT molecular complexity index is 2960. The number of pyridine rings is 1. The lowest BCUT2D eigenvalue weighted by Crippen LogP contribution is -2.28. The Morgan fingerprint density at radius 3 is 1.81 bits per heavy atom. The van der Waals surface area contributed by atoms with Gasteiger partial charge in [0, 0.05) is 17.8 Å². The highest BCUT2D eigenvalue weighted by atomic mass is 15.3. The van der Waals surface area contributed by atoms with Crippen LogP contribution in [-0.2, 0) is 5.41 Å². The third-order valence-corrected chi connectivity index (χ3v) is 11.2. The van der Waals surface area contributed by atoms with Gasteiger partial charge >= 0.3 is 0 Å². The fourth-order valence-electron chi connectivity index (χ4n) is 9.04. The van der Waals surface area contributed by atoms with Crippen LogP contribution < -0.4 is 0 Å². The summed E-state index contributed by atoms with van der Waals surface area (Å²) >= 11 is 0. The maximum absolute atomic E-state index is 5.17. The van der Waals surface area contributed by atoms with Crippen molar-refractivity contribution >= 4 is 43.2 Å². The van der Waals surface area contributed by atoms with Gasteiger partial charge in [-0.1, -0.05) is 146 Å². The van der Waals surface area contributed by atoms with E-state index in [0.717, 1.165) is 27.7 Å². The monoisotopic (exact) mass is 661 g/mol. The second-order valence-electron chi connectivity index (χ2n) is 13.8. The molecule has 52 heavy (non-hydrogen) atoms. The van der Waals surface area contributed by atoms with Gasteiger partial charge in [-0.2, -0.15) is 5.10 Å². The van der Waals surface area contributed by atoms with Crippen LogP contribution in [-0.4, -0.2) is 14.8 Å². The Morgan fingerprint density at radius 2 is 1.08 bits per heavy atom. The molecule has 0 saturated carbocycles. The zero-order valence-electron chi connectivity index (χ0n) is 28.2. The SMILES string of the molecule is c1ccc(C2(c3ccc(-c4cccnc4)cc3)c3ccccc3-c3ccc4c(cnn4-c4ccc5c6ccccc6c6ccccc6c5c4)c32)cc1. The molecule has 10 aromatic rings. The van der Waals surface area contributed by atoms with Crippen LogP contribution in [0.25, 0.3) is 71.2 Å². The molecular weight excluding hydrogens is 631 g/mol. The zero-order chi connectivity index (χ0) is 34.2. The summed E-state index contributed by atoms with van der Waals surface area (Å²) in [6, 6.07) is 62.0. The van der Waals surface area contributed by atoms with Crippen LogP contribution in [0.2, 0.25) is 0 Å². The van der Waals surface area contributed by atoms with Crippen LogP contribution in [0.5, 0.6) is 0 Å². The van der Waals surface area contributed by atoms with Crippen LogP contribution in [0.15, 0.2) is 188 Å². The minimum absolute atomic E-state index is 0.549. The van der Waals surface area contributed by atoms with Crippen molar-refractivity contribution in [3.8, 4) is 27.9 Å². The number of nitrogens with zero attached hydrogens (tertiary/aromatic N) is 3. The summed E-state index contributed by atoms with van der Waals surface area (Å²) in [5, 5.41) is 13.9. The first-order valence-corrected chi connectivity index (χ1v) is 17.8. The quantitative estimate of drug-likeness (QED) is 0.176. The predicted octanol–water partition coefficient (Wildman–Crippen LogP) is 11.9. The first kappa shape index (κ1) is 28.9. The molecular formula is C49H31N3. The molecule has 0 saturated heterocycles. The van der Waals surface area contributed by atoms with Crippen molar-refractivity contribution in [1.29, 1.82) is 0 Å². The molecule has 242 valence electrons. The van der Waals surface area contributed by atoms with Crippen molar-refractivity contribution in [2.24, 2.45) is 0 Å². The van der Waals surface area contributed by atoms with Crippen LogP contribution in [0, 0.1) is 0 Å². The highest BCUT2D eigenvalue weighted by Crippen LogP contribution is 2.58. The summed E-state index contributed by atoms with van der Waals surface area (Å²) in [5.41, 5.74) is 11.4. The third kappa shape index (κ3) is 3.96. The van der Waals surface area contributed by atoms with Gasteiger partial charge in [0.05, 0.1) is 22.8 Å². The number of benzene rings is 8. The molecule has 3 heteroatoms.